The van der Waals surface area contributed by atoms with Crippen LogP contribution in [0.2, 0.25) is 0 Å². The average molecular weight is 252 g/mol. The van der Waals surface area contributed by atoms with Crippen molar-refractivity contribution >= 4 is 19.0 Å². The second-order valence-corrected chi connectivity index (χ2v) is 3.56. The summed E-state index contributed by atoms with van der Waals surface area (Å²) in [6, 6.07) is 13.3. The molecule has 0 fully saturated rings. The van der Waals surface area contributed by atoms with Crippen LogP contribution in [0.4, 0.5) is 0 Å². The first-order chi connectivity index (χ1) is 7.31. The molecule has 0 unspecified atom stereocenters. The van der Waals surface area contributed by atoms with Crippen molar-refractivity contribution in [1.82, 2.24) is 4.98 Å². The summed E-state index contributed by atoms with van der Waals surface area (Å²) in [7, 11) is 0. The van der Waals surface area contributed by atoms with Gasteiger partial charge in [0.05, 0.1) is 0 Å². The molecule has 2 rings (SSSR count). The summed E-state index contributed by atoms with van der Waals surface area (Å²) in [6.45, 7) is 5.64. The maximum atomic E-state index is 5.64. The number of aromatic nitrogens is 1. The number of pyridine rings is 1. The first-order valence-electron chi connectivity index (χ1n) is 4.50. The van der Waals surface area contributed by atoms with E-state index in [2.05, 4.69) is 4.98 Å². The summed E-state index contributed by atoms with van der Waals surface area (Å²) < 4.78 is 5.32. The predicted molar refractivity (Wildman–Crippen MR) is 59.5 cm³/mol. The number of hydrogen-bond donors (Lipinski definition) is 0. The monoisotopic (exact) mass is 251 g/mol. The van der Waals surface area contributed by atoms with E-state index in [9.17, 15) is 0 Å². The first kappa shape index (κ1) is 10.3. The van der Waals surface area contributed by atoms with Gasteiger partial charge < -0.3 is 0 Å². The van der Waals surface area contributed by atoms with Crippen molar-refractivity contribution in [3.63, 3.8) is 0 Å². The quantitative estimate of drug-likeness (QED) is 0.765. The fourth-order valence-corrected chi connectivity index (χ4v) is 1.81. The summed E-state index contributed by atoms with van der Waals surface area (Å²) in [4.78, 5) is 4.26. The molecule has 0 spiro atoms. The first-order valence-corrected chi connectivity index (χ1v) is 5.49. The number of benzene rings is 1. The van der Waals surface area contributed by atoms with Crippen LogP contribution in [0.25, 0.3) is 11.3 Å². The molecule has 0 aliphatic heterocycles. The summed E-state index contributed by atoms with van der Waals surface area (Å²) in [5.74, 6) is 0.829. The molecular weight excluding hydrogens is 244 g/mol. The number of rotatable bonds is 2. The summed E-state index contributed by atoms with van der Waals surface area (Å²) in [5.41, 5.74) is 2.32. The molecule has 0 saturated carbocycles. The van der Waals surface area contributed by atoms with Crippen LogP contribution in [0, 0.1) is 6.92 Å². The molecule has 1 heterocycles. The molecule has 4 radical (unpaired) electrons. The van der Waals surface area contributed by atoms with Crippen LogP contribution in [-0.2, 0) is 0 Å². The van der Waals surface area contributed by atoms with Crippen LogP contribution in [0.1, 0.15) is 5.69 Å². The van der Waals surface area contributed by atoms with Gasteiger partial charge in [0.15, 0.2) is 0 Å². The van der Waals surface area contributed by atoms with Gasteiger partial charge in [-0.05, 0) is 0 Å². The molecule has 1 aromatic carbocycles. The van der Waals surface area contributed by atoms with Crippen molar-refractivity contribution in [3.05, 3.63) is 55.1 Å². The molecule has 2 nitrogen and oxygen atoms in total. The Labute approximate surface area is 99.6 Å². The zero-order valence-electron chi connectivity index (χ0n) is 8.05. The fraction of sp³-hybridized carbons (Fsp3) is 0. The van der Waals surface area contributed by atoms with Gasteiger partial charge in [0.1, 0.15) is 0 Å². The van der Waals surface area contributed by atoms with Crippen molar-refractivity contribution in [2.45, 2.75) is 0 Å². The molecule has 0 saturated heterocycles. The Morgan fingerprint density at radius 1 is 1.07 bits per heavy atom. The van der Waals surface area contributed by atoms with Gasteiger partial charge in [-0.1, -0.05) is 0 Å². The topological polar surface area (TPSA) is 22.1 Å². The van der Waals surface area contributed by atoms with E-state index in [4.69, 9.17) is 10.5 Å². The second-order valence-electron chi connectivity index (χ2n) is 3.06. The van der Waals surface area contributed by atoms with Crippen molar-refractivity contribution in [2.75, 3.05) is 0 Å². The number of hydrogen-bond acceptors (Lipinski definition) is 2. The Balaban J connectivity index is 2.53. The Morgan fingerprint density at radius 3 is 2.60 bits per heavy atom. The van der Waals surface area contributed by atoms with E-state index in [1.807, 2.05) is 36.4 Å². The van der Waals surface area contributed by atoms with Gasteiger partial charge in [-0.15, -0.1) is 0 Å². The van der Waals surface area contributed by atoms with Crippen LogP contribution < -0.4 is 3.53 Å². The van der Waals surface area contributed by atoms with E-state index in [-0.39, 0.29) is 0 Å². The van der Waals surface area contributed by atoms with E-state index >= 15 is 0 Å². The standard InChI is InChI=1S/C12H9NO.Ga/c1-9-5-4-7-11(13-9)10-6-2-3-8-12(10)14;/h1-8,14H;/q;+1/p-1. The molecule has 15 heavy (non-hydrogen) atoms. The van der Waals surface area contributed by atoms with Crippen LogP contribution in [0.15, 0.2) is 42.5 Å². The van der Waals surface area contributed by atoms with Gasteiger partial charge in [-0.3, -0.25) is 0 Å². The molecule has 3 heteroatoms. The molecule has 0 aliphatic carbocycles. The SMILES string of the molecule is [CH]c1cccc(-c2ccccc2[O][Ga])n1. The van der Waals surface area contributed by atoms with Crippen molar-refractivity contribution < 1.29 is 3.53 Å². The molecule has 0 atom stereocenters. The van der Waals surface area contributed by atoms with Crippen LogP contribution in [0.5, 0.6) is 5.75 Å². The third kappa shape index (κ3) is 2.25. The van der Waals surface area contributed by atoms with Crippen molar-refractivity contribution in [2.24, 2.45) is 0 Å². The molecule has 70 valence electrons. The Bertz CT molecular complexity index is 471. The average Bonchev–Trinajstić information content (AvgIpc) is 2.29. The summed E-state index contributed by atoms with van der Waals surface area (Å²) >= 11 is 1.20. The number of para-hydroxylation sites is 1. The van der Waals surface area contributed by atoms with Gasteiger partial charge in [-0.2, -0.15) is 0 Å². The molecular formula is C12H8GaNO. The van der Waals surface area contributed by atoms with Crippen molar-refractivity contribution in [1.29, 1.82) is 0 Å². The van der Waals surface area contributed by atoms with Gasteiger partial charge >= 0.3 is 99.6 Å². The van der Waals surface area contributed by atoms with Gasteiger partial charge in [-0.25, -0.2) is 0 Å². The van der Waals surface area contributed by atoms with E-state index in [0.29, 0.717) is 5.69 Å². The van der Waals surface area contributed by atoms with Crippen LogP contribution >= 0.6 is 0 Å². The van der Waals surface area contributed by atoms with E-state index in [1.165, 1.54) is 19.0 Å². The zero-order valence-corrected chi connectivity index (χ0v) is 10.5. The third-order valence-electron chi connectivity index (χ3n) is 2.06. The second kappa shape index (κ2) is 4.55. The molecule has 1 aromatic heterocycles. The Hall–Kier alpha value is -1.19. The van der Waals surface area contributed by atoms with Crippen LogP contribution in [0.3, 0.4) is 0 Å². The van der Waals surface area contributed by atoms with Crippen molar-refractivity contribution in [3.8, 4) is 17.0 Å². The molecule has 0 amide bonds. The zero-order chi connectivity index (χ0) is 10.7. The normalized spacial score (nSPS) is 9.93. The van der Waals surface area contributed by atoms with Crippen LogP contribution in [-0.4, -0.2) is 23.9 Å². The van der Waals surface area contributed by atoms with E-state index < -0.39 is 0 Å². The van der Waals surface area contributed by atoms with E-state index in [0.717, 1.165) is 17.0 Å². The van der Waals surface area contributed by atoms with Gasteiger partial charge in [0, 0.05) is 0 Å². The Morgan fingerprint density at radius 2 is 1.87 bits per heavy atom. The fourth-order valence-electron chi connectivity index (χ4n) is 1.38. The van der Waals surface area contributed by atoms with Gasteiger partial charge in [0.25, 0.3) is 0 Å². The minimum atomic E-state index is 0.518. The summed E-state index contributed by atoms with van der Waals surface area (Å²) in [5, 5.41) is 0. The predicted octanol–water partition coefficient (Wildman–Crippen LogP) is 2.27. The molecule has 0 aliphatic rings. The minimum absolute atomic E-state index is 0.518. The summed E-state index contributed by atoms with van der Waals surface area (Å²) in [6.07, 6.45) is 0. The third-order valence-corrected chi connectivity index (χ3v) is 2.59. The maximum absolute atomic E-state index is 5.64. The molecule has 0 bridgehead atoms. The Kier molecular flexibility index (Phi) is 3.13. The number of nitrogens with zero attached hydrogens (tertiary/aromatic N) is 1. The molecule has 0 N–H and O–H groups in total. The van der Waals surface area contributed by atoms with E-state index in [1.54, 1.807) is 6.07 Å². The van der Waals surface area contributed by atoms with Gasteiger partial charge in [0.2, 0.25) is 0 Å². The molecule has 2 aromatic rings.